The normalized spacial score (nSPS) is 12.5. The van der Waals surface area contributed by atoms with Crippen LogP contribution in [0.15, 0.2) is 23.1 Å². The predicted octanol–water partition coefficient (Wildman–Crippen LogP) is 2.94. The first-order valence-electron chi connectivity index (χ1n) is 6.48. The van der Waals surface area contributed by atoms with Crippen LogP contribution in [-0.4, -0.2) is 30.9 Å². The van der Waals surface area contributed by atoms with Crippen molar-refractivity contribution in [3.05, 3.63) is 29.3 Å². The molecule has 0 bridgehead atoms. The zero-order chi connectivity index (χ0) is 14.4. The lowest BCUT2D eigenvalue weighted by atomic mass is 10.1. The molecule has 0 aliphatic carbocycles. The number of hydrogen-bond donors (Lipinski definition) is 1. The number of nitrogens with one attached hydrogen (secondary N) is 1. The molecule has 1 unspecified atom stereocenters. The van der Waals surface area contributed by atoms with Gasteiger partial charge in [0, 0.05) is 16.7 Å². The number of hydrogen-bond acceptors (Lipinski definition) is 4. The lowest BCUT2D eigenvalue weighted by molar-refractivity contribution is -0.142. The number of benzene rings is 1. The second kappa shape index (κ2) is 7.56. The number of ether oxygens (including phenoxy) is 1. The van der Waals surface area contributed by atoms with E-state index in [1.807, 2.05) is 13.8 Å². The minimum atomic E-state index is -0.267. The molecule has 0 amide bonds. The van der Waals surface area contributed by atoms with Crippen LogP contribution in [0.5, 0.6) is 0 Å². The summed E-state index contributed by atoms with van der Waals surface area (Å²) in [5.41, 5.74) is 2.56. The van der Waals surface area contributed by atoms with Crippen molar-refractivity contribution in [2.75, 3.05) is 12.9 Å². The van der Waals surface area contributed by atoms with Gasteiger partial charge in [-0.1, -0.05) is 19.9 Å². The monoisotopic (exact) mass is 281 g/mol. The van der Waals surface area contributed by atoms with Crippen molar-refractivity contribution in [1.29, 1.82) is 0 Å². The number of aryl methyl sites for hydroxylation is 2. The van der Waals surface area contributed by atoms with Crippen molar-refractivity contribution in [1.82, 2.24) is 5.32 Å². The average molecular weight is 281 g/mol. The van der Waals surface area contributed by atoms with Crippen molar-refractivity contribution in [2.24, 2.45) is 0 Å². The van der Waals surface area contributed by atoms with Gasteiger partial charge in [0.05, 0.1) is 7.11 Å². The Kier molecular flexibility index (Phi) is 6.38. The third-order valence-electron chi connectivity index (χ3n) is 2.92. The summed E-state index contributed by atoms with van der Waals surface area (Å²) in [6.45, 7) is 8.25. The molecule has 0 radical (unpaired) electrons. The first-order valence-corrected chi connectivity index (χ1v) is 7.46. The summed E-state index contributed by atoms with van der Waals surface area (Å²) < 4.78 is 4.83. The summed E-state index contributed by atoms with van der Waals surface area (Å²) in [4.78, 5) is 12.9. The smallest absolute Gasteiger partial charge is 0.323 e. The van der Waals surface area contributed by atoms with Crippen molar-refractivity contribution < 1.29 is 9.53 Å². The maximum Gasteiger partial charge on any atom is 0.323 e. The Labute approximate surface area is 120 Å². The number of esters is 1. The molecule has 0 saturated heterocycles. The molecule has 1 aromatic rings. The highest BCUT2D eigenvalue weighted by Crippen LogP contribution is 2.22. The van der Waals surface area contributed by atoms with Gasteiger partial charge in [-0.15, -0.1) is 11.8 Å². The molecule has 1 rings (SSSR count). The van der Waals surface area contributed by atoms with Crippen molar-refractivity contribution in [3.63, 3.8) is 0 Å². The molecule has 0 aliphatic heterocycles. The van der Waals surface area contributed by atoms with Crippen LogP contribution in [0.3, 0.4) is 0 Å². The Hall–Kier alpha value is -1.00. The van der Waals surface area contributed by atoms with E-state index in [-0.39, 0.29) is 18.1 Å². The van der Waals surface area contributed by atoms with Crippen molar-refractivity contribution in [3.8, 4) is 0 Å². The van der Waals surface area contributed by atoms with E-state index in [4.69, 9.17) is 4.74 Å². The number of thioether (sulfide) groups is 1. The zero-order valence-corrected chi connectivity index (χ0v) is 13.1. The summed E-state index contributed by atoms with van der Waals surface area (Å²) in [7, 11) is 1.43. The van der Waals surface area contributed by atoms with E-state index in [1.54, 1.807) is 11.8 Å². The minimum Gasteiger partial charge on any atom is -0.468 e. The Balaban J connectivity index is 2.64. The average Bonchev–Trinajstić information content (AvgIpc) is 2.37. The van der Waals surface area contributed by atoms with E-state index in [0.717, 1.165) is 0 Å². The van der Waals surface area contributed by atoms with Crippen molar-refractivity contribution in [2.45, 2.75) is 44.7 Å². The van der Waals surface area contributed by atoms with Crippen LogP contribution in [-0.2, 0) is 9.53 Å². The Morgan fingerprint density at radius 3 is 2.53 bits per heavy atom. The van der Waals surface area contributed by atoms with Gasteiger partial charge in [-0.25, -0.2) is 0 Å². The Morgan fingerprint density at radius 2 is 2.00 bits per heavy atom. The summed E-state index contributed by atoms with van der Waals surface area (Å²) >= 11 is 1.67. The Bertz CT molecular complexity index is 432. The maximum absolute atomic E-state index is 11.7. The fraction of sp³-hybridized carbons (Fsp3) is 0.533. The largest absolute Gasteiger partial charge is 0.468 e. The molecular formula is C15H23NO2S. The van der Waals surface area contributed by atoms with Crippen LogP contribution in [0.4, 0.5) is 0 Å². The van der Waals surface area contributed by atoms with Gasteiger partial charge in [0.25, 0.3) is 0 Å². The lowest BCUT2D eigenvalue weighted by Crippen LogP contribution is -2.43. The third-order valence-corrected chi connectivity index (χ3v) is 4.00. The second-order valence-corrected chi connectivity index (χ2v) is 6.05. The number of carbonyl (C=O) groups is 1. The van der Waals surface area contributed by atoms with E-state index in [9.17, 15) is 4.79 Å². The molecule has 3 nitrogen and oxygen atoms in total. The van der Waals surface area contributed by atoms with Gasteiger partial charge < -0.3 is 10.1 Å². The van der Waals surface area contributed by atoms with Crippen LogP contribution in [0, 0.1) is 13.8 Å². The molecule has 0 heterocycles. The van der Waals surface area contributed by atoms with Crippen LogP contribution in [0.25, 0.3) is 0 Å². The van der Waals surface area contributed by atoms with Gasteiger partial charge in [-0.05, 0) is 37.1 Å². The van der Waals surface area contributed by atoms with Crippen LogP contribution >= 0.6 is 11.8 Å². The van der Waals surface area contributed by atoms with E-state index in [1.165, 1.54) is 23.1 Å². The van der Waals surface area contributed by atoms with Crippen LogP contribution < -0.4 is 5.32 Å². The van der Waals surface area contributed by atoms with E-state index < -0.39 is 0 Å². The molecule has 0 aromatic heterocycles. The van der Waals surface area contributed by atoms with E-state index in [0.29, 0.717) is 5.75 Å². The minimum absolute atomic E-state index is 0.204. The highest BCUT2D eigenvalue weighted by molar-refractivity contribution is 7.99. The highest BCUT2D eigenvalue weighted by atomic mass is 32.2. The topological polar surface area (TPSA) is 38.3 Å². The molecule has 0 saturated carbocycles. The van der Waals surface area contributed by atoms with Gasteiger partial charge in [0.2, 0.25) is 0 Å². The first kappa shape index (κ1) is 16.1. The summed E-state index contributed by atoms with van der Waals surface area (Å²) in [6.07, 6.45) is 0. The summed E-state index contributed by atoms with van der Waals surface area (Å²) in [6, 6.07) is 6.35. The molecule has 0 fully saturated rings. The van der Waals surface area contributed by atoms with Crippen LogP contribution in [0.2, 0.25) is 0 Å². The molecular weight excluding hydrogens is 258 g/mol. The molecule has 1 N–H and O–H groups in total. The summed E-state index contributed by atoms with van der Waals surface area (Å²) in [5.74, 6) is 0.470. The molecule has 0 aliphatic rings. The molecule has 19 heavy (non-hydrogen) atoms. The summed E-state index contributed by atoms with van der Waals surface area (Å²) in [5, 5.41) is 3.23. The standard InChI is InChI=1S/C15H23NO2S/c1-10(2)16-14(15(17)18-5)9-19-13-7-6-11(3)12(4)8-13/h6-8,10,14,16H,9H2,1-5H3. The van der Waals surface area contributed by atoms with Gasteiger partial charge in [-0.3, -0.25) is 4.79 Å². The number of methoxy groups -OCH3 is 1. The van der Waals surface area contributed by atoms with E-state index >= 15 is 0 Å². The molecule has 4 heteroatoms. The van der Waals surface area contributed by atoms with Gasteiger partial charge in [-0.2, -0.15) is 0 Å². The fourth-order valence-electron chi connectivity index (χ4n) is 1.71. The van der Waals surface area contributed by atoms with Gasteiger partial charge >= 0.3 is 5.97 Å². The molecule has 106 valence electrons. The van der Waals surface area contributed by atoms with Crippen molar-refractivity contribution >= 4 is 17.7 Å². The number of rotatable bonds is 6. The van der Waals surface area contributed by atoms with E-state index in [2.05, 4.69) is 37.4 Å². The Morgan fingerprint density at radius 1 is 1.32 bits per heavy atom. The zero-order valence-electron chi connectivity index (χ0n) is 12.3. The number of carbonyl (C=O) groups excluding carboxylic acids is 1. The lowest BCUT2D eigenvalue weighted by Gasteiger charge is -2.18. The highest BCUT2D eigenvalue weighted by Gasteiger charge is 2.19. The van der Waals surface area contributed by atoms with Gasteiger partial charge in [0.1, 0.15) is 6.04 Å². The molecule has 0 spiro atoms. The fourth-order valence-corrected chi connectivity index (χ4v) is 2.73. The second-order valence-electron chi connectivity index (χ2n) is 4.95. The third kappa shape index (κ3) is 5.25. The SMILES string of the molecule is COC(=O)C(CSc1ccc(C)c(C)c1)NC(C)C. The first-order chi connectivity index (χ1) is 8.93. The quantitative estimate of drug-likeness (QED) is 0.643. The maximum atomic E-state index is 11.7. The predicted molar refractivity (Wildman–Crippen MR) is 80.7 cm³/mol. The van der Waals surface area contributed by atoms with Gasteiger partial charge in [0.15, 0.2) is 0 Å². The molecule has 1 atom stereocenters. The molecule has 1 aromatic carbocycles. The van der Waals surface area contributed by atoms with Crippen LogP contribution in [0.1, 0.15) is 25.0 Å².